The molecule has 0 radical (unpaired) electrons. The number of hydrogen-bond donors (Lipinski definition) is 1. The summed E-state index contributed by atoms with van der Waals surface area (Å²) in [6, 6.07) is 4.07. The van der Waals surface area contributed by atoms with E-state index in [0.29, 0.717) is 6.54 Å². The lowest BCUT2D eigenvalue weighted by Crippen LogP contribution is -2.30. The van der Waals surface area contributed by atoms with E-state index < -0.39 is 0 Å². The Morgan fingerprint density at radius 2 is 2.26 bits per heavy atom. The number of carbonyl (C=O) groups excluding carboxylic acids is 1. The highest BCUT2D eigenvalue weighted by Gasteiger charge is 2.16. The van der Waals surface area contributed by atoms with Crippen molar-refractivity contribution < 1.29 is 4.79 Å². The number of pyridine rings is 1. The van der Waals surface area contributed by atoms with E-state index in [9.17, 15) is 4.79 Å². The van der Waals surface area contributed by atoms with Crippen molar-refractivity contribution in [2.24, 2.45) is 0 Å². The van der Waals surface area contributed by atoms with E-state index in [0.717, 1.165) is 28.8 Å². The molecule has 1 N–H and O–H groups in total. The van der Waals surface area contributed by atoms with Crippen molar-refractivity contribution in [2.75, 3.05) is 18.0 Å². The number of nitrogens with one attached hydrogen (secondary N) is 1. The molecule has 8 heteroatoms. The Hall–Kier alpha value is -1.67. The molecular weight excluding hydrogens is 330 g/mol. The maximum Gasteiger partial charge on any atom is 0.233 e. The van der Waals surface area contributed by atoms with Gasteiger partial charge in [0.2, 0.25) is 5.91 Å². The number of rotatable bonds is 6. The summed E-state index contributed by atoms with van der Waals surface area (Å²) in [5.41, 5.74) is 2.68. The van der Waals surface area contributed by atoms with Gasteiger partial charge in [0.15, 0.2) is 4.34 Å². The number of amides is 1. The van der Waals surface area contributed by atoms with E-state index in [1.54, 1.807) is 5.51 Å². The van der Waals surface area contributed by atoms with Crippen molar-refractivity contribution >= 4 is 34.8 Å². The Morgan fingerprint density at radius 1 is 1.43 bits per heavy atom. The molecule has 1 amide bonds. The fourth-order valence-corrected chi connectivity index (χ4v) is 4.06. The molecule has 1 aliphatic heterocycles. The maximum atomic E-state index is 12.1. The lowest BCUT2D eigenvalue weighted by atomic mass is 10.2. The fraction of sp³-hybridized carbons (Fsp3) is 0.467. The fourth-order valence-electron chi connectivity index (χ4n) is 2.41. The SMILES string of the molecule is C[C@H](Sc1nncs1)C(=O)NCc1ccc(N2CCCC2)nc1. The van der Waals surface area contributed by atoms with Crippen LogP contribution in [0, 0.1) is 0 Å². The third kappa shape index (κ3) is 4.42. The van der Waals surface area contributed by atoms with Crippen molar-refractivity contribution in [2.45, 2.75) is 35.9 Å². The topological polar surface area (TPSA) is 71.0 Å². The molecule has 3 heterocycles. The zero-order valence-electron chi connectivity index (χ0n) is 12.9. The van der Waals surface area contributed by atoms with Crippen molar-refractivity contribution in [3.8, 4) is 0 Å². The molecule has 2 aromatic heterocycles. The molecule has 1 saturated heterocycles. The first-order valence-corrected chi connectivity index (χ1v) is 9.39. The van der Waals surface area contributed by atoms with Gasteiger partial charge in [-0.05, 0) is 31.4 Å². The van der Waals surface area contributed by atoms with E-state index in [1.807, 2.05) is 25.3 Å². The van der Waals surface area contributed by atoms with E-state index in [-0.39, 0.29) is 11.2 Å². The molecule has 3 rings (SSSR count). The van der Waals surface area contributed by atoms with Gasteiger partial charge in [-0.1, -0.05) is 29.2 Å². The molecule has 0 saturated carbocycles. The van der Waals surface area contributed by atoms with Crippen molar-refractivity contribution in [3.05, 3.63) is 29.4 Å². The molecule has 1 aliphatic rings. The van der Waals surface area contributed by atoms with Crippen LogP contribution in [0.15, 0.2) is 28.2 Å². The van der Waals surface area contributed by atoms with Gasteiger partial charge in [0, 0.05) is 25.8 Å². The molecule has 0 aliphatic carbocycles. The molecule has 1 fully saturated rings. The first kappa shape index (κ1) is 16.2. The van der Waals surface area contributed by atoms with Crippen LogP contribution in [-0.4, -0.2) is 39.4 Å². The number of carbonyl (C=O) groups is 1. The minimum Gasteiger partial charge on any atom is -0.357 e. The molecule has 6 nitrogen and oxygen atoms in total. The third-order valence-corrected chi connectivity index (χ3v) is 5.60. The zero-order chi connectivity index (χ0) is 16.1. The predicted molar refractivity (Wildman–Crippen MR) is 92.8 cm³/mol. The predicted octanol–water partition coefficient (Wildman–Crippen LogP) is 2.33. The molecule has 0 aromatic carbocycles. The van der Waals surface area contributed by atoms with Crippen LogP contribution >= 0.6 is 23.1 Å². The number of aromatic nitrogens is 3. The second-order valence-corrected chi connectivity index (χ2v) is 7.82. The summed E-state index contributed by atoms with van der Waals surface area (Å²) in [4.78, 5) is 18.9. The van der Waals surface area contributed by atoms with Crippen LogP contribution in [-0.2, 0) is 11.3 Å². The number of thioether (sulfide) groups is 1. The van der Waals surface area contributed by atoms with Gasteiger partial charge in [0.05, 0.1) is 5.25 Å². The summed E-state index contributed by atoms with van der Waals surface area (Å²) >= 11 is 2.87. The third-order valence-electron chi connectivity index (χ3n) is 3.69. The van der Waals surface area contributed by atoms with Crippen LogP contribution in [0.2, 0.25) is 0 Å². The molecular formula is C15H19N5OS2. The minimum absolute atomic E-state index is 0.00572. The van der Waals surface area contributed by atoms with Crippen LogP contribution in [0.3, 0.4) is 0 Å². The summed E-state index contributed by atoms with van der Waals surface area (Å²) < 4.78 is 0.810. The van der Waals surface area contributed by atoms with Crippen LogP contribution in [0.1, 0.15) is 25.3 Å². The number of hydrogen-bond acceptors (Lipinski definition) is 7. The Kier molecular flexibility index (Phi) is 5.45. The molecule has 0 spiro atoms. The molecule has 122 valence electrons. The Balaban J connectivity index is 1.48. The van der Waals surface area contributed by atoms with E-state index >= 15 is 0 Å². The quantitative estimate of drug-likeness (QED) is 0.807. The highest BCUT2D eigenvalue weighted by atomic mass is 32.2. The Bertz CT molecular complexity index is 626. The van der Waals surface area contributed by atoms with Crippen molar-refractivity contribution in [3.63, 3.8) is 0 Å². The highest BCUT2D eigenvalue weighted by molar-refractivity contribution is 8.02. The minimum atomic E-state index is -0.195. The zero-order valence-corrected chi connectivity index (χ0v) is 14.6. The van der Waals surface area contributed by atoms with Crippen molar-refractivity contribution in [1.82, 2.24) is 20.5 Å². The maximum absolute atomic E-state index is 12.1. The summed E-state index contributed by atoms with van der Waals surface area (Å²) in [5.74, 6) is 1.02. The number of nitrogens with zero attached hydrogens (tertiary/aromatic N) is 4. The van der Waals surface area contributed by atoms with Crippen molar-refractivity contribution in [1.29, 1.82) is 0 Å². The average molecular weight is 349 g/mol. The molecule has 1 atom stereocenters. The van der Waals surface area contributed by atoms with Gasteiger partial charge < -0.3 is 10.2 Å². The summed E-state index contributed by atoms with van der Waals surface area (Å²) in [7, 11) is 0. The lowest BCUT2D eigenvalue weighted by Gasteiger charge is -2.16. The number of anilines is 1. The molecule has 0 bridgehead atoms. The second kappa shape index (κ2) is 7.74. The summed E-state index contributed by atoms with van der Waals surface area (Å²) in [5, 5.41) is 10.5. The first-order chi connectivity index (χ1) is 11.2. The van der Waals surface area contributed by atoms with E-state index in [1.165, 1.54) is 35.9 Å². The highest BCUT2D eigenvalue weighted by Crippen LogP contribution is 2.24. The summed E-state index contributed by atoms with van der Waals surface area (Å²) in [6.07, 6.45) is 4.32. The monoisotopic (exact) mass is 349 g/mol. The largest absolute Gasteiger partial charge is 0.357 e. The molecule has 23 heavy (non-hydrogen) atoms. The Morgan fingerprint density at radius 3 is 2.91 bits per heavy atom. The Labute approximate surface area is 143 Å². The van der Waals surface area contributed by atoms with Gasteiger partial charge in [-0.2, -0.15) is 0 Å². The normalized spacial score (nSPS) is 15.6. The first-order valence-electron chi connectivity index (χ1n) is 7.63. The average Bonchev–Trinajstić information content (AvgIpc) is 3.26. The molecule has 0 unspecified atom stereocenters. The smallest absolute Gasteiger partial charge is 0.233 e. The molecule has 2 aromatic rings. The standard InChI is InChI=1S/C15H19N5OS2/c1-11(23-15-19-18-10-22-15)14(21)17-9-12-4-5-13(16-8-12)20-6-2-3-7-20/h4-5,8,10-11H,2-3,6-7,9H2,1H3,(H,17,21)/t11-/m0/s1. The van der Waals surface area contributed by atoms with Crippen LogP contribution in [0.4, 0.5) is 5.82 Å². The van der Waals surface area contributed by atoms with Crippen LogP contribution in [0.5, 0.6) is 0 Å². The van der Waals surface area contributed by atoms with Gasteiger partial charge in [-0.15, -0.1) is 10.2 Å². The van der Waals surface area contributed by atoms with Gasteiger partial charge in [-0.3, -0.25) is 4.79 Å². The van der Waals surface area contributed by atoms with Gasteiger partial charge in [0.1, 0.15) is 11.3 Å². The van der Waals surface area contributed by atoms with E-state index in [4.69, 9.17) is 0 Å². The van der Waals surface area contributed by atoms with Gasteiger partial charge in [-0.25, -0.2) is 4.98 Å². The van der Waals surface area contributed by atoms with Crippen LogP contribution in [0.25, 0.3) is 0 Å². The van der Waals surface area contributed by atoms with Gasteiger partial charge >= 0.3 is 0 Å². The van der Waals surface area contributed by atoms with Crippen LogP contribution < -0.4 is 10.2 Å². The van der Waals surface area contributed by atoms with Gasteiger partial charge in [0.25, 0.3) is 0 Å². The summed E-state index contributed by atoms with van der Waals surface area (Å²) in [6.45, 7) is 4.54. The van der Waals surface area contributed by atoms with E-state index in [2.05, 4.69) is 25.4 Å². The lowest BCUT2D eigenvalue weighted by molar-refractivity contribution is -0.120. The second-order valence-electron chi connectivity index (χ2n) is 5.40.